The molecule has 0 radical (unpaired) electrons. The summed E-state index contributed by atoms with van der Waals surface area (Å²) in [5.74, 6) is -0.381. The van der Waals surface area contributed by atoms with Crippen molar-refractivity contribution < 1.29 is 9.59 Å². The van der Waals surface area contributed by atoms with Gasteiger partial charge in [-0.15, -0.1) is 11.3 Å². The Bertz CT molecular complexity index is 667. The number of thiophene rings is 1. The number of carbonyl (C=O) groups is 2. The Balaban J connectivity index is 2.16. The van der Waals surface area contributed by atoms with Crippen molar-refractivity contribution >= 4 is 23.2 Å². The number of amides is 2. The highest BCUT2D eigenvalue weighted by atomic mass is 32.1. The van der Waals surface area contributed by atoms with Crippen LogP contribution >= 0.6 is 11.3 Å². The molecular formula is C18H22N2O2S. The van der Waals surface area contributed by atoms with Crippen LogP contribution in [0.3, 0.4) is 0 Å². The third-order valence-corrected chi connectivity index (χ3v) is 4.76. The molecule has 0 aliphatic heterocycles. The van der Waals surface area contributed by atoms with Crippen LogP contribution in [0.1, 0.15) is 35.9 Å². The molecule has 0 unspecified atom stereocenters. The van der Waals surface area contributed by atoms with Crippen molar-refractivity contribution in [3.8, 4) is 0 Å². The highest BCUT2D eigenvalue weighted by molar-refractivity contribution is 7.10. The van der Waals surface area contributed by atoms with Crippen molar-refractivity contribution in [2.45, 2.75) is 39.3 Å². The first kappa shape index (κ1) is 17.2. The molecule has 2 aromatic rings. The molecule has 1 aromatic heterocycles. The van der Waals surface area contributed by atoms with Crippen LogP contribution in [-0.4, -0.2) is 17.9 Å². The molecule has 2 N–H and O–H groups in total. The van der Waals surface area contributed by atoms with Crippen LogP contribution in [0.25, 0.3) is 0 Å². The van der Waals surface area contributed by atoms with Gasteiger partial charge in [0.05, 0.1) is 6.04 Å². The van der Waals surface area contributed by atoms with Gasteiger partial charge in [-0.3, -0.25) is 9.59 Å². The molecule has 0 bridgehead atoms. The van der Waals surface area contributed by atoms with Gasteiger partial charge in [0.25, 0.3) is 0 Å². The minimum atomic E-state index is -0.550. The van der Waals surface area contributed by atoms with Gasteiger partial charge in [-0.05, 0) is 42.8 Å². The predicted molar refractivity (Wildman–Crippen MR) is 93.4 cm³/mol. The summed E-state index contributed by atoms with van der Waals surface area (Å²) < 4.78 is 0. The van der Waals surface area contributed by atoms with E-state index in [1.807, 2.05) is 30.5 Å². The van der Waals surface area contributed by atoms with Crippen molar-refractivity contribution in [2.75, 3.05) is 0 Å². The molecule has 0 aliphatic carbocycles. The minimum absolute atomic E-state index is 0.0962. The van der Waals surface area contributed by atoms with Crippen molar-refractivity contribution in [1.29, 1.82) is 0 Å². The highest BCUT2D eigenvalue weighted by Crippen LogP contribution is 2.27. The van der Waals surface area contributed by atoms with Gasteiger partial charge in [-0.1, -0.05) is 30.3 Å². The molecule has 2 rings (SSSR count). The first-order valence-electron chi connectivity index (χ1n) is 7.62. The summed E-state index contributed by atoms with van der Waals surface area (Å²) in [4.78, 5) is 24.6. The average molecular weight is 330 g/mol. The van der Waals surface area contributed by atoms with E-state index in [9.17, 15) is 9.59 Å². The molecule has 23 heavy (non-hydrogen) atoms. The Morgan fingerprint density at radius 1 is 1.13 bits per heavy atom. The van der Waals surface area contributed by atoms with Crippen LogP contribution in [-0.2, 0) is 16.0 Å². The third kappa shape index (κ3) is 4.93. The Labute approximate surface area is 140 Å². The van der Waals surface area contributed by atoms with Crippen LogP contribution in [0.15, 0.2) is 41.8 Å². The zero-order valence-corrected chi connectivity index (χ0v) is 14.4. The Hall–Kier alpha value is -2.14. The molecule has 2 atom stereocenters. The average Bonchev–Trinajstić information content (AvgIpc) is 2.93. The molecule has 0 saturated carbocycles. The fraction of sp³-hybridized carbons (Fsp3) is 0.333. The summed E-state index contributed by atoms with van der Waals surface area (Å²) >= 11 is 1.64. The topological polar surface area (TPSA) is 58.2 Å². The van der Waals surface area contributed by atoms with Gasteiger partial charge in [0.1, 0.15) is 6.04 Å². The van der Waals surface area contributed by atoms with Crippen molar-refractivity contribution in [3.05, 3.63) is 57.8 Å². The number of nitrogens with one attached hydrogen (secondary N) is 2. The van der Waals surface area contributed by atoms with Gasteiger partial charge in [-0.2, -0.15) is 0 Å². The summed E-state index contributed by atoms with van der Waals surface area (Å²) in [6.45, 7) is 5.15. The molecule has 1 heterocycles. The van der Waals surface area contributed by atoms with E-state index in [4.69, 9.17) is 0 Å². The fourth-order valence-corrected chi connectivity index (χ4v) is 3.45. The van der Waals surface area contributed by atoms with Crippen molar-refractivity contribution in [3.63, 3.8) is 0 Å². The summed E-state index contributed by atoms with van der Waals surface area (Å²) in [6, 6.07) is 11.5. The summed E-state index contributed by atoms with van der Waals surface area (Å²) in [5.41, 5.74) is 2.33. The van der Waals surface area contributed by atoms with Gasteiger partial charge in [0.2, 0.25) is 11.8 Å². The number of hydrogen-bond acceptors (Lipinski definition) is 3. The lowest BCUT2D eigenvalue weighted by atomic mass is 10.0. The fourth-order valence-electron chi connectivity index (χ4n) is 2.47. The van der Waals surface area contributed by atoms with Crippen LogP contribution < -0.4 is 10.6 Å². The van der Waals surface area contributed by atoms with E-state index >= 15 is 0 Å². The molecule has 1 aromatic carbocycles. The van der Waals surface area contributed by atoms with Crippen molar-refractivity contribution in [1.82, 2.24) is 10.6 Å². The van der Waals surface area contributed by atoms with E-state index < -0.39 is 6.04 Å². The van der Waals surface area contributed by atoms with Gasteiger partial charge in [0, 0.05) is 11.8 Å². The van der Waals surface area contributed by atoms with Gasteiger partial charge < -0.3 is 10.6 Å². The second kappa shape index (κ2) is 7.92. The smallest absolute Gasteiger partial charge is 0.242 e. The monoisotopic (exact) mass is 330 g/mol. The second-order valence-electron chi connectivity index (χ2n) is 5.64. The zero-order valence-electron chi connectivity index (χ0n) is 13.6. The maximum Gasteiger partial charge on any atom is 0.242 e. The maximum atomic E-state index is 12.4. The van der Waals surface area contributed by atoms with Crippen LogP contribution in [0, 0.1) is 6.92 Å². The lowest BCUT2D eigenvalue weighted by Crippen LogP contribution is -2.45. The molecule has 2 amide bonds. The highest BCUT2D eigenvalue weighted by Gasteiger charge is 2.22. The van der Waals surface area contributed by atoms with E-state index in [0.29, 0.717) is 0 Å². The standard InChI is InChI=1S/C18H22N2O2S/c1-12-9-10-23-17(12)16(11-15-7-5-4-6-8-15)20-18(22)13(2)19-14(3)21/h4-10,13,16H,11H2,1-3H3,(H,19,21)(H,20,22)/t13-,16-/m0/s1. The molecule has 5 heteroatoms. The maximum absolute atomic E-state index is 12.4. The molecule has 0 aliphatic rings. The number of aryl methyl sites for hydroxylation is 1. The predicted octanol–water partition coefficient (Wildman–Crippen LogP) is 2.98. The van der Waals surface area contributed by atoms with E-state index in [2.05, 4.69) is 28.8 Å². The first-order valence-corrected chi connectivity index (χ1v) is 8.50. The SMILES string of the molecule is CC(=O)N[C@@H](C)C(=O)N[C@@H](Cc1ccccc1)c1sccc1C. The van der Waals surface area contributed by atoms with Crippen molar-refractivity contribution in [2.24, 2.45) is 0 Å². The lowest BCUT2D eigenvalue weighted by molar-refractivity contribution is -0.128. The zero-order chi connectivity index (χ0) is 16.8. The summed E-state index contributed by atoms with van der Waals surface area (Å²) in [5, 5.41) is 7.73. The number of rotatable bonds is 6. The molecule has 122 valence electrons. The Kier molecular flexibility index (Phi) is 5.93. The number of benzene rings is 1. The summed E-state index contributed by atoms with van der Waals surface area (Å²) in [6.07, 6.45) is 0.723. The van der Waals surface area contributed by atoms with E-state index in [1.54, 1.807) is 18.3 Å². The third-order valence-electron chi connectivity index (χ3n) is 3.63. The largest absolute Gasteiger partial charge is 0.346 e. The molecule has 4 nitrogen and oxygen atoms in total. The van der Waals surface area contributed by atoms with Crippen LogP contribution in [0.2, 0.25) is 0 Å². The minimum Gasteiger partial charge on any atom is -0.346 e. The van der Waals surface area contributed by atoms with Gasteiger partial charge >= 0.3 is 0 Å². The molecular weight excluding hydrogens is 308 g/mol. The van der Waals surface area contributed by atoms with E-state index in [0.717, 1.165) is 16.9 Å². The van der Waals surface area contributed by atoms with E-state index in [-0.39, 0.29) is 17.9 Å². The van der Waals surface area contributed by atoms with Gasteiger partial charge in [-0.25, -0.2) is 0 Å². The first-order chi connectivity index (χ1) is 11.0. The number of hydrogen-bond donors (Lipinski definition) is 2. The Morgan fingerprint density at radius 2 is 1.83 bits per heavy atom. The Morgan fingerprint density at radius 3 is 2.39 bits per heavy atom. The van der Waals surface area contributed by atoms with E-state index in [1.165, 1.54) is 12.5 Å². The lowest BCUT2D eigenvalue weighted by Gasteiger charge is -2.21. The van der Waals surface area contributed by atoms with Crippen LogP contribution in [0.4, 0.5) is 0 Å². The number of carbonyl (C=O) groups excluding carboxylic acids is 2. The molecule has 0 spiro atoms. The quantitative estimate of drug-likeness (QED) is 0.855. The molecule has 0 fully saturated rings. The molecule has 0 saturated heterocycles. The van der Waals surface area contributed by atoms with Gasteiger partial charge in [0.15, 0.2) is 0 Å². The van der Waals surface area contributed by atoms with Crippen LogP contribution in [0.5, 0.6) is 0 Å². The second-order valence-corrected chi connectivity index (χ2v) is 6.59. The normalized spacial score (nSPS) is 13.2. The summed E-state index contributed by atoms with van der Waals surface area (Å²) in [7, 11) is 0.